The smallest absolute Gasteiger partial charge is 0.171 e. The van der Waals surface area contributed by atoms with E-state index in [-0.39, 0.29) is 24.4 Å². The average Bonchev–Trinajstić information content (AvgIpc) is 3.19. The van der Waals surface area contributed by atoms with Gasteiger partial charge in [0.05, 0.1) is 31.8 Å². The Balaban J connectivity index is 1.45. The first-order valence-corrected chi connectivity index (χ1v) is 14.7. The summed E-state index contributed by atoms with van der Waals surface area (Å²) in [6.07, 6.45) is 11.0. The van der Waals surface area contributed by atoms with E-state index in [0.29, 0.717) is 36.2 Å². The topological polar surface area (TPSA) is 66.8 Å². The molecular formula is C31H50O4. The lowest BCUT2D eigenvalue weighted by Gasteiger charge is -2.63. The first-order valence-electron chi connectivity index (χ1n) is 14.7. The van der Waals surface area contributed by atoms with Gasteiger partial charge in [-0.25, -0.2) is 0 Å². The number of hydrogen-bond acceptors (Lipinski definition) is 4. The normalized spacial score (nSPS) is 43.1. The van der Waals surface area contributed by atoms with Crippen molar-refractivity contribution in [3.63, 3.8) is 0 Å². The van der Waals surface area contributed by atoms with E-state index in [4.69, 9.17) is 4.74 Å². The highest BCUT2D eigenvalue weighted by molar-refractivity contribution is 6.02. The van der Waals surface area contributed by atoms with Crippen LogP contribution in [0.15, 0.2) is 11.1 Å². The highest BCUT2D eigenvalue weighted by Crippen LogP contribution is 2.70. The number of Topliss-reactive ketones (excluding diaryl/α,β-unsaturated/α-hetero) is 1. The molecule has 3 saturated carbocycles. The largest absolute Gasteiger partial charge is 0.395 e. The number of ether oxygens (including phenoxy) is 1. The summed E-state index contributed by atoms with van der Waals surface area (Å²) in [7, 11) is 0. The van der Waals surface area contributed by atoms with Gasteiger partial charge in [-0.15, -0.1) is 0 Å². The Morgan fingerprint density at radius 3 is 2.46 bits per heavy atom. The number of fused-ring (bicyclic) bond motifs is 4. The molecule has 0 aromatic rings. The van der Waals surface area contributed by atoms with Crippen molar-refractivity contribution in [1.29, 1.82) is 0 Å². The van der Waals surface area contributed by atoms with Crippen LogP contribution in [0.25, 0.3) is 0 Å². The van der Waals surface area contributed by atoms with Crippen molar-refractivity contribution in [2.45, 2.75) is 92.4 Å². The van der Waals surface area contributed by atoms with E-state index in [0.717, 1.165) is 42.3 Å². The van der Waals surface area contributed by atoms with E-state index >= 15 is 0 Å². The minimum Gasteiger partial charge on any atom is -0.395 e. The maximum absolute atomic E-state index is 13.5. The lowest BCUT2D eigenvalue weighted by atomic mass is 9.42. The molecule has 4 aliphatic carbocycles. The van der Waals surface area contributed by atoms with Gasteiger partial charge in [0.15, 0.2) is 5.78 Å². The number of hydrogen-bond donors (Lipinski definition) is 2. The zero-order valence-electron chi connectivity index (χ0n) is 22.9. The standard InChI is InChI=1S/C31H50O4/c1-19(2)7-6-8-20(3)24-9-10-25-22-13-21-14-35-15-23-27(21)30(5,26(22)11-12-29(24,25)4)16-31(17-32,18-33)28(23)34/h19-22,24-26,32-33H,6-18H2,1-5H3/t20-,21-,22+,24-,25+,26+,29-,30-/m1/s1. The molecule has 0 radical (unpaired) electrons. The number of ketones is 1. The van der Waals surface area contributed by atoms with Crippen molar-refractivity contribution in [2.75, 3.05) is 26.4 Å². The van der Waals surface area contributed by atoms with Crippen molar-refractivity contribution in [3.8, 4) is 0 Å². The molecule has 0 saturated heterocycles. The molecule has 0 bridgehead atoms. The fraction of sp³-hybridized carbons (Fsp3) is 0.903. The third-order valence-electron chi connectivity index (χ3n) is 12.0. The molecule has 2 N–H and O–H groups in total. The lowest BCUT2D eigenvalue weighted by Crippen LogP contribution is -2.60. The van der Waals surface area contributed by atoms with E-state index < -0.39 is 5.41 Å². The average molecular weight is 487 g/mol. The van der Waals surface area contributed by atoms with Crippen LogP contribution in [0.1, 0.15) is 92.4 Å². The summed E-state index contributed by atoms with van der Waals surface area (Å²) in [6.45, 7) is 12.8. The van der Waals surface area contributed by atoms with E-state index in [1.807, 2.05) is 0 Å². The van der Waals surface area contributed by atoms with Crippen molar-refractivity contribution in [1.82, 2.24) is 0 Å². The van der Waals surface area contributed by atoms with Gasteiger partial charge in [0.2, 0.25) is 0 Å². The second-order valence-electron chi connectivity index (χ2n) is 14.3. The first kappa shape index (κ1) is 25.9. The molecule has 0 amide bonds. The molecule has 5 rings (SSSR count). The number of rotatable bonds is 7. The van der Waals surface area contributed by atoms with Crippen molar-refractivity contribution < 1.29 is 19.7 Å². The van der Waals surface area contributed by atoms with E-state index in [1.165, 1.54) is 50.5 Å². The van der Waals surface area contributed by atoms with Gasteiger partial charge in [-0.3, -0.25) is 4.79 Å². The second-order valence-corrected chi connectivity index (χ2v) is 14.3. The molecule has 1 heterocycles. The fourth-order valence-electron chi connectivity index (χ4n) is 10.5. The summed E-state index contributed by atoms with van der Waals surface area (Å²) in [6, 6.07) is 0. The van der Waals surface area contributed by atoms with Crippen molar-refractivity contribution in [3.05, 3.63) is 11.1 Å². The predicted molar refractivity (Wildman–Crippen MR) is 139 cm³/mol. The Kier molecular flexibility index (Phi) is 6.84. The van der Waals surface area contributed by atoms with Gasteiger partial charge in [0.25, 0.3) is 0 Å². The van der Waals surface area contributed by atoms with Crippen LogP contribution < -0.4 is 0 Å². The summed E-state index contributed by atoms with van der Waals surface area (Å²) in [5, 5.41) is 20.7. The zero-order valence-corrected chi connectivity index (χ0v) is 22.9. The second kappa shape index (κ2) is 9.24. The van der Waals surface area contributed by atoms with Crippen LogP contribution >= 0.6 is 0 Å². The first-order chi connectivity index (χ1) is 16.6. The molecular weight excluding hydrogens is 436 g/mol. The molecule has 35 heavy (non-hydrogen) atoms. The maximum Gasteiger partial charge on any atom is 0.171 e. The molecule has 0 aromatic heterocycles. The van der Waals surface area contributed by atoms with Gasteiger partial charge in [0, 0.05) is 11.5 Å². The Morgan fingerprint density at radius 2 is 1.77 bits per heavy atom. The van der Waals surface area contributed by atoms with Gasteiger partial charge < -0.3 is 14.9 Å². The molecule has 0 unspecified atom stereocenters. The maximum atomic E-state index is 13.5. The lowest BCUT2D eigenvalue weighted by molar-refractivity contribution is -0.146. The molecule has 4 nitrogen and oxygen atoms in total. The van der Waals surface area contributed by atoms with E-state index in [9.17, 15) is 15.0 Å². The van der Waals surface area contributed by atoms with Gasteiger partial charge in [-0.05, 0) is 90.4 Å². The summed E-state index contributed by atoms with van der Waals surface area (Å²) in [5.41, 5.74) is 1.41. The summed E-state index contributed by atoms with van der Waals surface area (Å²) in [4.78, 5) is 13.5. The Morgan fingerprint density at radius 1 is 1.03 bits per heavy atom. The quantitative estimate of drug-likeness (QED) is 0.477. The van der Waals surface area contributed by atoms with Crippen LogP contribution in [0, 0.1) is 57.7 Å². The third kappa shape index (κ3) is 3.83. The van der Waals surface area contributed by atoms with Crippen LogP contribution in [-0.2, 0) is 9.53 Å². The highest BCUT2D eigenvalue weighted by Gasteiger charge is 2.64. The van der Waals surface area contributed by atoms with Crippen molar-refractivity contribution in [2.24, 2.45) is 57.7 Å². The molecule has 5 aliphatic rings. The number of aliphatic hydroxyl groups is 2. The molecule has 198 valence electrons. The summed E-state index contributed by atoms with van der Waals surface area (Å²) < 4.78 is 6.02. The zero-order chi connectivity index (χ0) is 25.2. The Hall–Kier alpha value is -0.710. The van der Waals surface area contributed by atoms with Gasteiger partial charge in [-0.2, -0.15) is 0 Å². The van der Waals surface area contributed by atoms with Crippen molar-refractivity contribution >= 4 is 5.78 Å². The van der Waals surface area contributed by atoms with Crippen LogP contribution in [0.3, 0.4) is 0 Å². The highest BCUT2D eigenvalue weighted by atomic mass is 16.5. The number of carbonyl (C=O) groups is 1. The molecule has 3 fully saturated rings. The van der Waals surface area contributed by atoms with E-state index in [2.05, 4.69) is 34.6 Å². The monoisotopic (exact) mass is 486 g/mol. The van der Waals surface area contributed by atoms with Gasteiger partial charge in [0.1, 0.15) is 0 Å². The van der Waals surface area contributed by atoms with Crippen LogP contribution in [0.2, 0.25) is 0 Å². The molecule has 1 aliphatic heterocycles. The minimum atomic E-state index is -1.05. The predicted octanol–water partition coefficient (Wildman–Crippen LogP) is 5.80. The Bertz CT molecular complexity index is 856. The van der Waals surface area contributed by atoms with Gasteiger partial charge in [-0.1, -0.05) is 53.9 Å². The van der Waals surface area contributed by atoms with Crippen LogP contribution in [0.5, 0.6) is 0 Å². The Labute approximate surface area is 213 Å². The van der Waals surface area contributed by atoms with Crippen LogP contribution in [0.4, 0.5) is 0 Å². The molecule has 4 heteroatoms. The summed E-state index contributed by atoms with van der Waals surface area (Å²) in [5.74, 6) is 4.65. The third-order valence-corrected chi connectivity index (χ3v) is 12.0. The summed E-state index contributed by atoms with van der Waals surface area (Å²) >= 11 is 0. The SMILES string of the molecule is CC(C)CCC[C@@H](C)[C@H]1CC[C@H]2[C@@H]3C[C@@H]4COCC5=C4[C@](C)(CC(CO)(CO)C5=O)[C@H]3CC[C@]12C. The van der Waals surface area contributed by atoms with Crippen LogP contribution in [-0.4, -0.2) is 42.4 Å². The fourth-order valence-corrected chi connectivity index (χ4v) is 10.5. The molecule has 0 aromatic carbocycles. The molecule has 8 atom stereocenters. The van der Waals surface area contributed by atoms with E-state index in [1.54, 1.807) is 0 Å². The number of carbonyl (C=O) groups excluding carboxylic acids is 1. The number of aliphatic hydroxyl groups excluding tert-OH is 2. The molecule has 0 spiro atoms. The van der Waals surface area contributed by atoms with Gasteiger partial charge >= 0.3 is 0 Å². The minimum absolute atomic E-state index is 0.0464.